The Kier molecular flexibility index (Phi) is 4.71. The highest BCUT2D eigenvalue weighted by atomic mass is 32.1. The Labute approximate surface area is 137 Å². The lowest BCUT2D eigenvalue weighted by Crippen LogP contribution is -2.34. The van der Waals surface area contributed by atoms with E-state index >= 15 is 0 Å². The minimum atomic E-state index is -0.776. The van der Waals surface area contributed by atoms with Crippen molar-refractivity contribution in [2.75, 3.05) is 13.2 Å². The van der Waals surface area contributed by atoms with Crippen molar-refractivity contribution in [2.24, 2.45) is 0 Å². The summed E-state index contributed by atoms with van der Waals surface area (Å²) in [5.41, 5.74) is 1.23. The first-order valence-electron chi connectivity index (χ1n) is 7.53. The van der Waals surface area contributed by atoms with E-state index in [2.05, 4.69) is 20.0 Å². The van der Waals surface area contributed by atoms with E-state index in [1.807, 2.05) is 0 Å². The maximum atomic E-state index is 11.7. The summed E-state index contributed by atoms with van der Waals surface area (Å²) in [5, 5.41) is 2.99. The van der Waals surface area contributed by atoms with Gasteiger partial charge < -0.3 is 9.47 Å². The Hall–Kier alpha value is -2.22. The standard InChI is InChI=1S/C15H17N3O4S/c1-2-21-15(20)18-11(19)7-22-13-12-9-5-3-4-6-10(9)23-14(12)17-8-16-13/h8H,2-7H2,1H3,(H,18,19,20). The summed E-state index contributed by atoms with van der Waals surface area (Å²) in [6.07, 6.45) is 5.01. The number of carbonyl (C=O) groups is 2. The molecule has 2 heterocycles. The van der Waals surface area contributed by atoms with Crippen LogP contribution in [0.15, 0.2) is 6.33 Å². The molecule has 7 nitrogen and oxygen atoms in total. The number of ether oxygens (including phenoxy) is 2. The van der Waals surface area contributed by atoms with Gasteiger partial charge in [0.25, 0.3) is 5.91 Å². The second-order valence-electron chi connectivity index (χ2n) is 5.13. The summed E-state index contributed by atoms with van der Waals surface area (Å²) in [6.45, 7) is 1.57. The van der Waals surface area contributed by atoms with Gasteiger partial charge in [0.2, 0.25) is 5.88 Å². The predicted molar refractivity (Wildman–Crippen MR) is 84.7 cm³/mol. The maximum absolute atomic E-state index is 11.7. The fourth-order valence-corrected chi connectivity index (χ4v) is 3.84. The van der Waals surface area contributed by atoms with Gasteiger partial charge in [-0.25, -0.2) is 14.8 Å². The second-order valence-corrected chi connectivity index (χ2v) is 6.21. The van der Waals surface area contributed by atoms with E-state index in [1.165, 1.54) is 23.2 Å². The van der Waals surface area contributed by atoms with Crippen LogP contribution in [-0.2, 0) is 22.4 Å². The number of hydrogen-bond acceptors (Lipinski definition) is 7. The molecule has 1 aliphatic rings. The Morgan fingerprint density at radius 3 is 2.96 bits per heavy atom. The zero-order valence-corrected chi connectivity index (χ0v) is 13.6. The average molecular weight is 335 g/mol. The molecule has 0 aliphatic heterocycles. The van der Waals surface area contributed by atoms with Gasteiger partial charge in [-0.15, -0.1) is 11.3 Å². The van der Waals surface area contributed by atoms with E-state index in [0.717, 1.165) is 29.5 Å². The molecule has 8 heteroatoms. The Morgan fingerprint density at radius 1 is 1.30 bits per heavy atom. The summed E-state index contributed by atoms with van der Waals surface area (Å²) >= 11 is 1.66. The fraction of sp³-hybridized carbons (Fsp3) is 0.467. The first-order chi connectivity index (χ1) is 11.2. The number of rotatable bonds is 4. The Balaban J connectivity index is 1.74. The molecule has 2 amide bonds. The molecule has 1 aliphatic carbocycles. The quantitative estimate of drug-likeness (QED) is 0.921. The molecular formula is C15H17N3O4S. The predicted octanol–water partition coefficient (Wildman–Crippen LogP) is 2.22. The van der Waals surface area contributed by atoms with Crippen molar-refractivity contribution >= 4 is 33.6 Å². The van der Waals surface area contributed by atoms with Gasteiger partial charge in [-0.05, 0) is 38.2 Å². The molecule has 1 N–H and O–H groups in total. The minimum absolute atomic E-state index is 0.202. The van der Waals surface area contributed by atoms with Gasteiger partial charge in [0.05, 0.1) is 12.0 Å². The van der Waals surface area contributed by atoms with Crippen LogP contribution in [0.5, 0.6) is 5.88 Å². The number of hydrogen-bond donors (Lipinski definition) is 1. The van der Waals surface area contributed by atoms with Crippen molar-refractivity contribution in [1.29, 1.82) is 0 Å². The van der Waals surface area contributed by atoms with Crippen LogP contribution < -0.4 is 10.1 Å². The van der Waals surface area contributed by atoms with Crippen molar-refractivity contribution in [3.05, 3.63) is 16.8 Å². The number of imide groups is 1. The van der Waals surface area contributed by atoms with Crippen molar-refractivity contribution < 1.29 is 19.1 Å². The van der Waals surface area contributed by atoms with Gasteiger partial charge in [0.15, 0.2) is 6.61 Å². The van der Waals surface area contributed by atoms with Crippen molar-refractivity contribution in [1.82, 2.24) is 15.3 Å². The summed E-state index contributed by atoms with van der Waals surface area (Å²) < 4.78 is 10.2. The Morgan fingerprint density at radius 2 is 2.13 bits per heavy atom. The van der Waals surface area contributed by atoms with Crippen molar-refractivity contribution in [2.45, 2.75) is 32.6 Å². The van der Waals surface area contributed by atoms with E-state index in [9.17, 15) is 9.59 Å². The van der Waals surface area contributed by atoms with Crippen LogP contribution in [0, 0.1) is 0 Å². The molecule has 0 fully saturated rings. The van der Waals surface area contributed by atoms with Crippen molar-refractivity contribution in [3.8, 4) is 5.88 Å². The third kappa shape index (κ3) is 3.42. The van der Waals surface area contributed by atoms with Crippen LogP contribution in [-0.4, -0.2) is 35.2 Å². The number of carbonyl (C=O) groups excluding carboxylic acids is 2. The average Bonchev–Trinajstić information content (AvgIpc) is 2.92. The fourth-order valence-electron chi connectivity index (χ4n) is 2.62. The molecule has 0 bridgehead atoms. The molecule has 0 unspecified atom stereocenters. The third-order valence-corrected chi connectivity index (χ3v) is 4.77. The van der Waals surface area contributed by atoms with E-state index in [1.54, 1.807) is 18.3 Å². The highest BCUT2D eigenvalue weighted by Crippen LogP contribution is 2.38. The lowest BCUT2D eigenvalue weighted by molar-refractivity contribution is -0.122. The van der Waals surface area contributed by atoms with Crippen LogP contribution in [0.1, 0.15) is 30.2 Å². The third-order valence-electron chi connectivity index (χ3n) is 3.57. The summed E-state index contributed by atoms with van der Waals surface area (Å²) in [5.74, 6) is -0.173. The number of nitrogens with one attached hydrogen (secondary N) is 1. The molecule has 0 saturated carbocycles. The summed E-state index contributed by atoms with van der Waals surface area (Å²) in [4.78, 5) is 33.5. The van der Waals surface area contributed by atoms with E-state index in [0.29, 0.717) is 5.88 Å². The molecular weight excluding hydrogens is 318 g/mol. The first kappa shape index (κ1) is 15.7. The molecule has 2 aromatic rings. The smallest absolute Gasteiger partial charge is 0.413 e. The number of thiophene rings is 1. The molecule has 0 atom stereocenters. The van der Waals surface area contributed by atoms with E-state index < -0.39 is 12.0 Å². The molecule has 122 valence electrons. The van der Waals surface area contributed by atoms with Gasteiger partial charge in [-0.1, -0.05) is 0 Å². The normalized spacial score (nSPS) is 13.4. The first-order valence-corrected chi connectivity index (χ1v) is 8.35. The zero-order valence-electron chi connectivity index (χ0n) is 12.8. The van der Waals surface area contributed by atoms with Gasteiger partial charge in [0.1, 0.15) is 11.2 Å². The molecule has 0 saturated heterocycles. The lowest BCUT2D eigenvalue weighted by Gasteiger charge is -2.12. The number of aryl methyl sites for hydroxylation is 2. The van der Waals surface area contributed by atoms with Crippen LogP contribution in [0.2, 0.25) is 0 Å². The highest BCUT2D eigenvalue weighted by Gasteiger charge is 2.21. The largest absolute Gasteiger partial charge is 0.467 e. The number of amides is 2. The number of fused-ring (bicyclic) bond motifs is 3. The SMILES string of the molecule is CCOC(=O)NC(=O)COc1ncnc2sc3c(c12)CCCC3. The number of nitrogens with zero attached hydrogens (tertiary/aromatic N) is 2. The second kappa shape index (κ2) is 6.91. The summed E-state index contributed by atoms with van der Waals surface area (Å²) in [7, 11) is 0. The van der Waals surface area contributed by atoms with Gasteiger partial charge >= 0.3 is 6.09 Å². The lowest BCUT2D eigenvalue weighted by atomic mass is 9.97. The molecule has 0 aromatic carbocycles. The maximum Gasteiger partial charge on any atom is 0.413 e. The number of aromatic nitrogens is 2. The van der Waals surface area contributed by atoms with Crippen LogP contribution in [0.4, 0.5) is 4.79 Å². The molecule has 3 rings (SSSR count). The molecule has 0 spiro atoms. The number of alkyl carbamates (subject to hydrolysis) is 1. The van der Waals surface area contributed by atoms with Gasteiger partial charge in [0, 0.05) is 4.88 Å². The van der Waals surface area contributed by atoms with Crippen LogP contribution >= 0.6 is 11.3 Å². The molecule has 2 aromatic heterocycles. The monoisotopic (exact) mass is 335 g/mol. The minimum Gasteiger partial charge on any atom is -0.467 e. The summed E-state index contributed by atoms with van der Waals surface area (Å²) in [6, 6.07) is 0. The van der Waals surface area contributed by atoms with E-state index in [4.69, 9.17) is 4.74 Å². The van der Waals surface area contributed by atoms with E-state index in [-0.39, 0.29) is 13.2 Å². The molecule has 23 heavy (non-hydrogen) atoms. The highest BCUT2D eigenvalue weighted by molar-refractivity contribution is 7.18. The van der Waals surface area contributed by atoms with Gasteiger partial charge in [-0.2, -0.15) is 0 Å². The van der Waals surface area contributed by atoms with Crippen LogP contribution in [0.25, 0.3) is 10.2 Å². The molecule has 0 radical (unpaired) electrons. The Bertz CT molecular complexity index is 744. The topological polar surface area (TPSA) is 90.4 Å². The zero-order chi connectivity index (χ0) is 16.2. The van der Waals surface area contributed by atoms with Crippen LogP contribution in [0.3, 0.4) is 0 Å². The van der Waals surface area contributed by atoms with Gasteiger partial charge in [-0.3, -0.25) is 10.1 Å². The van der Waals surface area contributed by atoms with Crippen molar-refractivity contribution in [3.63, 3.8) is 0 Å².